The van der Waals surface area contributed by atoms with Gasteiger partial charge in [0.25, 0.3) is 5.56 Å². The van der Waals surface area contributed by atoms with Gasteiger partial charge in [0.05, 0.1) is 10.4 Å². The number of thiophene rings is 1. The zero-order valence-corrected chi connectivity index (χ0v) is 11.5. The Labute approximate surface area is 122 Å². The van der Waals surface area contributed by atoms with Crippen molar-refractivity contribution in [2.75, 3.05) is 0 Å². The van der Waals surface area contributed by atoms with Gasteiger partial charge in [-0.3, -0.25) is 4.79 Å². The van der Waals surface area contributed by atoms with E-state index in [1.165, 1.54) is 23.5 Å². The second kappa shape index (κ2) is 4.53. The first kappa shape index (κ1) is 12.3. The summed E-state index contributed by atoms with van der Waals surface area (Å²) in [6.45, 7) is 0. The summed E-state index contributed by atoms with van der Waals surface area (Å²) < 4.78 is 18.9. The van der Waals surface area contributed by atoms with Crippen LogP contribution in [0.15, 0.2) is 40.5 Å². The number of fused-ring (bicyclic) bond motifs is 2. The lowest BCUT2D eigenvalue weighted by Crippen LogP contribution is -2.20. The fourth-order valence-electron chi connectivity index (χ4n) is 2.33. The highest BCUT2D eigenvalue weighted by atomic mass is 32.1. The largest absolute Gasteiger partial charge is 0.438 e. The number of benzene rings is 1. The van der Waals surface area contributed by atoms with Crippen molar-refractivity contribution in [3.8, 4) is 22.3 Å². The second-order valence-corrected chi connectivity index (χ2v) is 5.65. The van der Waals surface area contributed by atoms with Crippen LogP contribution in [0.5, 0.6) is 11.6 Å². The third-order valence-electron chi connectivity index (χ3n) is 3.33. The van der Waals surface area contributed by atoms with Gasteiger partial charge >= 0.3 is 0 Å². The Balaban J connectivity index is 1.85. The predicted octanol–water partition coefficient (Wildman–Crippen LogP) is 3.33. The summed E-state index contributed by atoms with van der Waals surface area (Å²) in [6.07, 6.45) is 0.315. The molecule has 1 aliphatic rings. The molecule has 21 heavy (non-hydrogen) atoms. The molecule has 0 atom stereocenters. The zero-order chi connectivity index (χ0) is 14.4. The quantitative estimate of drug-likeness (QED) is 0.586. The minimum absolute atomic E-state index is 0.252. The number of aromatic amines is 1. The lowest BCUT2D eigenvalue weighted by atomic mass is 10.0. The molecule has 4 nitrogen and oxygen atoms in total. The number of H-pyrrole nitrogens is 1. The fraction of sp³-hybridized carbons (Fsp3) is 0.0667. The molecule has 0 amide bonds. The molecule has 1 aliphatic heterocycles. The Morgan fingerprint density at radius 2 is 2.24 bits per heavy atom. The van der Waals surface area contributed by atoms with Gasteiger partial charge in [-0.15, -0.1) is 11.3 Å². The van der Waals surface area contributed by atoms with Crippen molar-refractivity contribution in [2.24, 2.45) is 0 Å². The third kappa shape index (κ3) is 2.04. The zero-order valence-electron chi connectivity index (χ0n) is 10.7. The van der Waals surface area contributed by atoms with Crippen LogP contribution < -0.4 is 10.3 Å². The van der Waals surface area contributed by atoms with Crippen molar-refractivity contribution in [1.82, 2.24) is 9.97 Å². The summed E-state index contributed by atoms with van der Waals surface area (Å²) in [6, 6.07) is 8.03. The topological polar surface area (TPSA) is 55.0 Å². The van der Waals surface area contributed by atoms with E-state index < -0.39 is 0 Å². The van der Waals surface area contributed by atoms with E-state index in [1.54, 1.807) is 6.07 Å². The molecule has 104 valence electrons. The molecule has 3 aromatic rings. The number of hydrogen-bond donors (Lipinski definition) is 1. The van der Waals surface area contributed by atoms with Crippen LogP contribution in [0.3, 0.4) is 0 Å². The smallest absolute Gasteiger partial charge is 0.258 e. The van der Waals surface area contributed by atoms with Crippen LogP contribution in [0, 0.1) is 5.82 Å². The molecule has 4 rings (SSSR count). The maximum Gasteiger partial charge on any atom is 0.258 e. The van der Waals surface area contributed by atoms with Crippen LogP contribution >= 0.6 is 11.3 Å². The Morgan fingerprint density at radius 3 is 3.05 bits per heavy atom. The maximum atomic E-state index is 13.3. The number of halogens is 1. The lowest BCUT2D eigenvalue weighted by molar-refractivity contribution is 0.436. The molecule has 0 bridgehead atoms. The minimum Gasteiger partial charge on any atom is -0.438 e. The second-order valence-electron chi connectivity index (χ2n) is 4.71. The van der Waals surface area contributed by atoms with E-state index in [1.807, 2.05) is 17.5 Å². The minimum atomic E-state index is -0.347. The number of hydrogen-bond acceptors (Lipinski definition) is 4. The van der Waals surface area contributed by atoms with Crippen molar-refractivity contribution in [3.05, 3.63) is 63.0 Å². The molecule has 0 aliphatic carbocycles. The summed E-state index contributed by atoms with van der Waals surface area (Å²) in [5.41, 5.74) is 0.824. The summed E-state index contributed by atoms with van der Waals surface area (Å²) >= 11 is 1.49. The van der Waals surface area contributed by atoms with Crippen LogP contribution in [0.4, 0.5) is 4.39 Å². The third-order valence-corrected chi connectivity index (χ3v) is 4.21. The van der Waals surface area contributed by atoms with Crippen molar-refractivity contribution in [2.45, 2.75) is 6.42 Å². The van der Waals surface area contributed by atoms with Gasteiger partial charge in [0.15, 0.2) is 5.82 Å². The molecular formula is C15H9FN2O2S. The molecule has 0 saturated carbocycles. The van der Waals surface area contributed by atoms with E-state index in [4.69, 9.17) is 4.74 Å². The predicted molar refractivity (Wildman–Crippen MR) is 77.5 cm³/mol. The Hall–Kier alpha value is -2.47. The van der Waals surface area contributed by atoms with Crippen LogP contribution in [0.25, 0.3) is 10.7 Å². The normalized spacial score (nSPS) is 12.4. The highest BCUT2D eigenvalue weighted by Crippen LogP contribution is 2.34. The Bertz CT molecular complexity index is 887. The molecule has 6 heteroatoms. The molecule has 1 aromatic carbocycles. The average Bonchev–Trinajstić information content (AvgIpc) is 3.00. The Morgan fingerprint density at radius 1 is 1.33 bits per heavy atom. The first-order valence-electron chi connectivity index (χ1n) is 6.34. The van der Waals surface area contributed by atoms with Gasteiger partial charge in [-0.05, 0) is 29.6 Å². The highest BCUT2D eigenvalue weighted by Gasteiger charge is 2.23. The standard InChI is InChI=1S/C15H9FN2O2S/c16-9-3-4-11-8(6-9)7-10-14(19)17-13(18-15(10)20-11)12-2-1-5-21-12/h1-6H,7H2,(H,17,18,19). The number of nitrogens with one attached hydrogen (secondary N) is 1. The monoisotopic (exact) mass is 300 g/mol. The first-order chi connectivity index (χ1) is 10.2. The van der Waals surface area contributed by atoms with E-state index in [2.05, 4.69) is 9.97 Å². The molecule has 1 N–H and O–H groups in total. The van der Waals surface area contributed by atoms with E-state index in [9.17, 15) is 9.18 Å². The van der Waals surface area contributed by atoms with E-state index >= 15 is 0 Å². The summed E-state index contributed by atoms with van der Waals surface area (Å²) in [7, 11) is 0. The number of rotatable bonds is 1. The van der Waals surface area contributed by atoms with E-state index in [0.29, 0.717) is 35.0 Å². The molecule has 0 saturated heterocycles. The molecule has 3 heterocycles. The fourth-order valence-corrected chi connectivity index (χ4v) is 3.00. The highest BCUT2D eigenvalue weighted by molar-refractivity contribution is 7.13. The van der Waals surface area contributed by atoms with Crippen molar-refractivity contribution < 1.29 is 9.13 Å². The van der Waals surface area contributed by atoms with Gasteiger partial charge in [-0.2, -0.15) is 4.98 Å². The lowest BCUT2D eigenvalue weighted by Gasteiger charge is -2.18. The van der Waals surface area contributed by atoms with Crippen molar-refractivity contribution in [3.63, 3.8) is 0 Å². The van der Waals surface area contributed by atoms with Crippen LogP contribution in [0.1, 0.15) is 11.1 Å². The SMILES string of the molecule is O=c1[nH]c(-c2cccs2)nc2c1Cc1cc(F)ccc1O2. The van der Waals surface area contributed by atoms with Crippen molar-refractivity contribution in [1.29, 1.82) is 0 Å². The van der Waals surface area contributed by atoms with Gasteiger partial charge in [-0.25, -0.2) is 4.39 Å². The van der Waals surface area contributed by atoms with Gasteiger partial charge in [0.1, 0.15) is 11.6 Å². The van der Waals surface area contributed by atoms with Gasteiger partial charge in [0.2, 0.25) is 5.88 Å². The summed E-state index contributed by atoms with van der Waals surface area (Å²) in [4.78, 5) is 20.2. The molecule has 0 radical (unpaired) electrons. The van der Waals surface area contributed by atoms with E-state index in [0.717, 1.165) is 4.88 Å². The van der Waals surface area contributed by atoms with Crippen LogP contribution in [-0.2, 0) is 6.42 Å². The van der Waals surface area contributed by atoms with Gasteiger partial charge < -0.3 is 9.72 Å². The maximum absolute atomic E-state index is 13.3. The molecule has 0 fully saturated rings. The van der Waals surface area contributed by atoms with Crippen LogP contribution in [0.2, 0.25) is 0 Å². The van der Waals surface area contributed by atoms with Gasteiger partial charge in [-0.1, -0.05) is 6.07 Å². The summed E-state index contributed by atoms with van der Waals surface area (Å²) in [5.74, 6) is 0.972. The van der Waals surface area contributed by atoms with Crippen LogP contribution in [-0.4, -0.2) is 9.97 Å². The number of nitrogens with zero attached hydrogens (tertiary/aromatic N) is 1. The molecular weight excluding hydrogens is 291 g/mol. The first-order valence-corrected chi connectivity index (χ1v) is 7.22. The number of ether oxygens (including phenoxy) is 1. The number of aromatic nitrogens is 2. The summed E-state index contributed by atoms with van der Waals surface area (Å²) in [5, 5.41) is 1.91. The average molecular weight is 300 g/mol. The molecule has 0 spiro atoms. The van der Waals surface area contributed by atoms with Gasteiger partial charge in [0, 0.05) is 12.0 Å². The van der Waals surface area contributed by atoms with Crippen molar-refractivity contribution >= 4 is 11.3 Å². The van der Waals surface area contributed by atoms with E-state index in [-0.39, 0.29) is 11.4 Å². The molecule has 0 unspecified atom stereocenters. The molecule has 2 aromatic heterocycles. The Kier molecular flexibility index (Phi) is 2.65.